The summed E-state index contributed by atoms with van der Waals surface area (Å²) in [4.78, 5) is 2.25. The van der Waals surface area contributed by atoms with Gasteiger partial charge in [0.15, 0.2) is 14.9 Å². The fourth-order valence-electron chi connectivity index (χ4n) is 2.27. The van der Waals surface area contributed by atoms with Crippen LogP contribution < -0.4 is 5.32 Å². The van der Waals surface area contributed by atoms with Crippen molar-refractivity contribution in [3.63, 3.8) is 0 Å². The van der Waals surface area contributed by atoms with Crippen LogP contribution in [0.15, 0.2) is 0 Å². The third-order valence-electron chi connectivity index (χ3n) is 3.25. The summed E-state index contributed by atoms with van der Waals surface area (Å²) in [5.41, 5.74) is 0. The lowest BCUT2D eigenvalue weighted by atomic mass is 10.1. The third kappa shape index (κ3) is 3.41. The predicted molar refractivity (Wildman–Crippen MR) is 68.4 cm³/mol. The minimum Gasteiger partial charge on any atom is -0.314 e. The number of piperazine rings is 1. The minimum atomic E-state index is -3.65. The van der Waals surface area contributed by atoms with E-state index in [1.807, 2.05) is 0 Å². The van der Waals surface area contributed by atoms with Crippen molar-refractivity contribution in [2.45, 2.75) is 6.04 Å². The second kappa shape index (κ2) is 5.04. The maximum Gasteiger partial charge on any atom is 0.228 e. The van der Waals surface area contributed by atoms with E-state index in [0.29, 0.717) is 13.1 Å². The summed E-state index contributed by atoms with van der Waals surface area (Å²) >= 11 is 0. The molecular weight excluding hydrogens is 278 g/mol. The lowest BCUT2D eigenvalue weighted by Crippen LogP contribution is -2.64. The standard InChI is InChI=1S/C9H19N3O4S2/c1-17(13,14)8-18(15,16)12-6-9(7-12)11-4-2-10-3-5-11/h9-10H,2-8H2,1H3. The SMILES string of the molecule is CS(=O)(=O)CS(=O)(=O)N1CC(N2CCNCC2)C1. The lowest BCUT2D eigenvalue weighted by Gasteiger charge is -2.45. The van der Waals surface area contributed by atoms with Gasteiger partial charge in [-0.05, 0) is 0 Å². The summed E-state index contributed by atoms with van der Waals surface area (Å²) in [6.07, 6.45) is 0.943. The first kappa shape index (κ1) is 14.2. The summed E-state index contributed by atoms with van der Waals surface area (Å²) in [6, 6.07) is 0.237. The molecule has 0 aromatic rings. The highest BCUT2D eigenvalue weighted by Crippen LogP contribution is 2.20. The Kier molecular flexibility index (Phi) is 3.98. The summed E-state index contributed by atoms with van der Waals surface area (Å²) in [5, 5.41) is 2.45. The van der Waals surface area contributed by atoms with Crippen molar-refractivity contribution in [3.05, 3.63) is 0 Å². The van der Waals surface area contributed by atoms with Gasteiger partial charge in [0.2, 0.25) is 10.0 Å². The van der Waals surface area contributed by atoms with Gasteiger partial charge in [-0.2, -0.15) is 4.31 Å². The van der Waals surface area contributed by atoms with Gasteiger partial charge in [-0.1, -0.05) is 0 Å². The van der Waals surface area contributed by atoms with E-state index in [1.165, 1.54) is 4.31 Å². The van der Waals surface area contributed by atoms with Crippen molar-refractivity contribution in [1.29, 1.82) is 0 Å². The Morgan fingerprint density at radius 2 is 1.67 bits per heavy atom. The number of nitrogens with one attached hydrogen (secondary N) is 1. The number of nitrogens with zero attached hydrogens (tertiary/aromatic N) is 2. The van der Waals surface area contributed by atoms with Crippen LogP contribution in [-0.4, -0.2) is 82.7 Å². The molecule has 2 rings (SSSR count). The van der Waals surface area contributed by atoms with Crippen LogP contribution in [-0.2, 0) is 19.9 Å². The van der Waals surface area contributed by atoms with Crippen molar-refractivity contribution in [1.82, 2.24) is 14.5 Å². The molecule has 106 valence electrons. The molecule has 7 nitrogen and oxygen atoms in total. The fraction of sp³-hybridized carbons (Fsp3) is 1.00. The number of sulfone groups is 1. The Hall–Kier alpha value is -0.220. The second-order valence-corrected chi connectivity index (χ2v) is 9.39. The summed E-state index contributed by atoms with van der Waals surface area (Å²) in [5.74, 6) is 0. The molecule has 2 aliphatic rings. The molecular formula is C9H19N3O4S2. The van der Waals surface area contributed by atoms with Crippen LogP contribution in [0.5, 0.6) is 0 Å². The Labute approximate surface area is 108 Å². The highest BCUT2D eigenvalue weighted by Gasteiger charge is 2.40. The molecule has 0 unspecified atom stereocenters. The van der Waals surface area contributed by atoms with Gasteiger partial charge >= 0.3 is 0 Å². The molecule has 2 fully saturated rings. The second-order valence-electron chi connectivity index (χ2n) is 4.91. The molecule has 0 radical (unpaired) electrons. The molecule has 0 atom stereocenters. The van der Waals surface area contributed by atoms with Gasteiger partial charge in [0.05, 0.1) is 0 Å². The van der Waals surface area contributed by atoms with Gasteiger partial charge in [-0.15, -0.1) is 0 Å². The van der Waals surface area contributed by atoms with E-state index >= 15 is 0 Å². The molecule has 2 aliphatic heterocycles. The molecule has 0 spiro atoms. The minimum absolute atomic E-state index is 0.237. The van der Waals surface area contributed by atoms with Gasteiger partial charge in [0.25, 0.3) is 0 Å². The van der Waals surface area contributed by atoms with Crippen LogP contribution in [0.2, 0.25) is 0 Å². The Balaban J connectivity index is 1.88. The largest absolute Gasteiger partial charge is 0.314 e. The average molecular weight is 297 g/mol. The molecule has 18 heavy (non-hydrogen) atoms. The van der Waals surface area contributed by atoms with Gasteiger partial charge in [-0.25, -0.2) is 16.8 Å². The molecule has 0 amide bonds. The number of hydrogen-bond donors (Lipinski definition) is 1. The Morgan fingerprint density at radius 3 is 2.17 bits per heavy atom. The normalized spacial score (nSPS) is 24.9. The average Bonchev–Trinajstić information content (AvgIpc) is 2.12. The quantitative estimate of drug-likeness (QED) is 0.640. The van der Waals surface area contributed by atoms with E-state index in [4.69, 9.17) is 0 Å². The van der Waals surface area contributed by atoms with Crippen molar-refractivity contribution in [2.24, 2.45) is 0 Å². The highest BCUT2D eigenvalue weighted by atomic mass is 32.3. The highest BCUT2D eigenvalue weighted by molar-refractivity contribution is 8.06. The first-order chi connectivity index (χ1) is 8.28. The fourth-order valence-corrected chi connectivity index (χ4v) is 5.83. The van der Waals surface area contributed by atoms with Crippen LogP contribution in [0.25, 0.3) is 0 Å². The Bertz CT molecular complexity index is 490. The van der Waals surface area contributed by atoms with E-state index < -0.39 is 24.9 Å². The van der Waals surface area contributed by atoms with Crippen LogP contribution in [0.3, 0.4) is 0 Å². The smallest absolute Gasteiger partial charge is 0.228 e. The molecule has 2 saturated heterocycles. The van der Waals surface area contributed by atoms with E-state index in [1.54, 1.807) is 0 Å². The zero-order valence-corrected chi connectivity index (χ0v) is 12.0. The zero-order valence-electron chi connectivity index (χ0n) is 10.4. The van der Waals surface area contributed by atoms with E-state index in [2.05, 4.69) is 10.2 Å². The lowest BCUT2D eigenvalue weighted by molar-refractivity contribution is 0.0776. The van der Waals surface area contributed by atoms with Gasteiger partial charge in [0, 0.05) is 51.6 Å². The van der Waals surface area contributed by atoms with Crippen LogP contribution in [0.4, 0.5) is 0 Å². The number of hydrogen-bond acceptors (Lipinski definition) is 6. The van der Waals surface area contributed by atoms with E-state index in [-0.39, 0.29) is 6.04 Å². The van der Waals surface area contributed by atoms with Gasteiger partial charge in [-0.3, -0.25) is 4.90 Å². The van der Waals surface area contributed by atoms with E-state index in [9.17, 15) is 16.8 Å². The predicted octanol–water partition coefficient (Wildman–Crippen LogP) is -2.09. The van der Waals surface area contributed by atoms with Gasteiger partial charge in [0.1, 0.15) is 0 Å². The first-order valence-corrected chi connectivity index (χ1v) is 9.55. The van der Waals surface area contributed by atoms with Crippen molar-refractivity contribution in [2.75, 3.05) is 50.6 Å². The molecule has 0 saturated carbocycles. The summed E-state index contributed by atoms with van der Waals surface area (Å²) < 4.78 is 46.9. The molecule has 2 heterocycles. The van der Waals surface area contributed by atoms with Crippen LogP contribution in [0, 0.1) is 0 Å². The third-order valence-corrected chi connectivity index (χ3v) is 7.24. The molecule has 0 bridgehead atoms. The number of sulfonamides is 1. The maximum absolute atomic E-state index is 11.8. The van der Waals surface area contributed by atoms with Crippen LogP contribution in [0.1, 0.15) is 0 Å². The van der Waals surface area contributed by atoms with Crippen molar-refractivity contribution >= 4 is 19.9 Å². The molecule has 0 aromatic heterocycles. The molecule has 9 heteroatoms. The summed E-state index contributed by atoms with van der Waals surface area (Å²) in [6.45, 7) is 4.52. The topological polar surface area (TPSA) is 86.8 Å². The molecule has 1 N–H and O–H groups in total. The monoisotopic (exact) mass is 297 g/mol. The van der Waals surface area contributed by atoms with Crippen molar-refractivity contribution in [3.8, 4) is 0 Å². The molecule has 0 aromatic carbocycles. The summed E-state index contributed by atoms with van der Waals surface area (Å²) in [7, 11) is -7.15. The molecule has 0 aliphatic carbocycles. The van der Waals surface area contributed by atoms with Crippen molar-refractivity contribution < 1.29 is 16.8 Å². The number of rotatable bonds is 4. The first-order valence-electron chi connectivity index (χ1n) is 5.88. The van der Waals surface area contributed by atoms with Gasteiger partial charge < -0.3 is 5.32 Å². The maximum atomic E-state index is 11.8. The van der Waals surface area contributed by atoms with E-state index in [0.717, 1.165) is 32.4 Å². The van der Waals surface area contributed by atoms with Crippen LogP contribution >= 0.6 is 0 Å². The Morgan fingerprint density at radius 1 is 1.11 bits per heavy atom. The zero-order chi connectivity index (χ0) is 13.4.